The van der Waals surface area contributed by atoms with E-state index in [2.05, 4.69) is 33.7 Å². The molecule has 4 nitrogen and oxygen atoms in total. The first-order chi connectivity index (χ1) is 10.4. The molecule has 0 spiro atoms. The molecule has 0 aromatic carbocycles. The molecule has 1 rings (SSSR count). The van der Waals surface area contributed by atoms with E-state index in [9.17, 15) is 0 Å². The van der Waals surface area contributed by atoms with E-state index in [0.717, 1.165) is 32.1 Å². The number of hydrogen-bond donors (Lipinski definition) is 2. The zero-order valence-corrected chi connectivity index (χ0v) is 14.8. The SMILES string of the molecule is CCNC(=NCCCCSC)NCCN1CCCCCC1. The fraction of sp³-hybridized carbons (Fsp3) is 0.938. The van der Waals surface area contributed by atoms with Crippen LogP contribution in [0, 0.1) is 0 Å². The van der Waals surface area contributed by atoms with E-state index in [0.29, 0.717) is 0 Å². The zero-order valence-electron chi connectivity index (χ0n) is 14.0. The summed E-state index contributed by atoms with van der Waals surface area (Å²) in [4.78, 5) is 7.24. The van der Waals surface area contributed by atoms with Crippen LogP contribution in [0.15, 0.2) is 4.99 Å². The van der Waals surface area contributed by atoms with E-state index in [1.165, 1.54) is 57.4 Å². The van der Waals surface area contributed by atoms with Crippen molar-refractivity contribution in [1.29, 1.82) is 0 Å². The number of guanidine groups is 1. The molecule has 5 heteroatoms. The van der Waals surface area contributed by atoms with Gasteiger partial charge in [-0.25, -0.2) is 0 Å². The highest BCUT2D eigenvalue weighted by Gasteiger charge is 2.08. The number of nitrogens with zero attached hydrogens (tertiary/aromatic N) is 2. The predicted molar refractivity (Wildman–Crippen MR) is 96.5 cm³/mol. The highest BCUT2D eigenvalue weighted by molar-refractivity contribution is 7.98. The Morgan fingerprint density at radius 1 is 1.10 bits per heavy atom. The topological polar surface area (TPSA) is 39.7 Å². The second kappa shape index (κ2) is 13.3. The van der Waals surface area contributed by atoms with Crippen LogP contribution < -0.4 is 10.6 Å². The monoisotopic (exact) mass is 314 g/mol. The van der Waals surface area contributed by atoms with Gasteiger partial charge in [0.05, 0.1) is 0 Å². The lowest BCUT2D eigenvalue weighted by Gasteiger charge is -2.20. The summed E-state index contributed by atoms with van der Waals surface area (Å²) in [5.74, 6) is 2.23. The highest BCUT2D eigenvalue weighted by atomic mass is 32.2. The molecule has 1 saturated heterocycles. The number of nitrogens with one attached hydrogen (secondary N) is 2. The van der Waals surface area contributed by atoms with Gasteiger partial charge >= 0.3 is 0 Å². The highest BCUT2D eigenvalue weighted by Crippen LogP contribution is 2.08. The second-order valence-electron chi connectivity index (χ2n) is 5.64. The van der Waals surface area contributed by atoms with E-state index < -0.39 is 0 Å². The average Bonchev–Trinajstić information content (AvgIpc) is 2.76. The van der Waals surface area contributed by atoms with Gasteiger partial charge in [0.2, 0.25) is 0 Å². The van der Waals surface area contributed by atoms with Gasteiger partial charge in [-0.05, 0) is 57.7 Å². The van der Waals surface area contributed by atoms with Crippen LogP contribution in [0.5, 0.6) is 0 Å². The standard InChI is InChI=1S/C16H34N4S/c1-3-17-16(18-10-6-9-15-21-2)19-11-14-20-12-7-4-5-8-13-20/h3-15H2,1-2H3,(H2,17,18,19). The number of likely N-dealkylation sites (tertiary alicyclic amines) is 1. The summed E-state index contributed by atoms with van der Waals surface area (Å²) in [7, 11) is 0. The summed E-state index contributed by atoms with van der Waals surface area (Å²) in [5, 5.41) is 6.81. The maximum Gasteiger partial charge on any atom is 0.191 e. The third kappa shape index (κ3) is 10.0. The quantitative estimate of drug-likeness (QED) is 0.390. The van der Waals surface area contributed by atoms with E-state index in [1.54, 1.807) is 0 Å². The molecule has 1 aliphatic heterocycles. The summed E-state index contributed by atoms with van der Waals surface area (Å²) >= 11 is 1.92. The van der Waals surface area contributed by atoms with Crippen molar-refractivity contribution in [1.82, 2.24) is 15.5 Å². The van der Waals surface area contributed by atoms with Gasteiger partial charge in [0.1, 0.15) is 0 Å². The molecule has 0 unspecified atom stereocenters. The third-order valence-corrected chi connectivity index (χ3v) is 4.49. The fourth-order valence-corrected chi connectivity index (χ4v) is 3.08. The van der Waals surface area contributed by atoms with Crippen LogP contribution in [-0.4, -0.2) is 62.1 Å². The molecule has 1 heterocycles. The summed E-state index contributed by atoms with van der Waals surface area (Å²) in [6.45, 7) is 8.65. The van der Waals surface area contributed by atoms with Crippen LogP contribution in [0.2, 0.25) is 0 Å². The smallest absolute Gasteiger partial charge is 0.191 e. The Balaban J connectivity index is 2.18. The van der Waals surface area contributed by atoms with Gasteiger partial charge in [-0.2, -0.15) is 11.8 Å². The lowest BCUT2D eigenvalue weighted by atomic mass is 10.2. The first-order valence-electron chi connectivity index (χ1n) is 8.60. The molecular formula is C16H34N4S. The molecule has 2 N–H and O–H groups in total. The molecule has 1 fully saturated rings. The van der Waals surface area contributed by atoms with Gasteiger partial charge < -0.3 is 15.5 Å². The Labute approximate surface area is 135 Å². The van der Waals surface area contributed by atoms with Crippen LogP contribution in [-0.2, 0) is 0 Å². The van der Waals surface area contributed by atoms with Gasteiger partial charge in [0.15, 0.2) is 5.96 Å². The van der Waals surface area contributed by atoms with Gasteiger partial charge in [-0.3, -0.25) is 4.99 Å². The number of thioether (sulfide) groups is 1. The van der Waals surface area contributed by atoms with Crippen molar-refractivity contribution in [3.63, 3.8) is 0 Å². The molecule has 0 atom stereocenters. The van der Waals surface area contributed by atoms with Crippen molar-refractivity contribution < 1.29 is 0 Å². The summed E-state index contributed by atoms with van der Waals surface area (Å²) in [6, 6.07) is 0. The molecule has 124 valence electrons. The van der Waals surface area contributed by atoms with E-state index >= 15 is 0 Å². The summed E-state index contributed by atoms with van der Waals surface area (Å²) < 4.78 is 0. The maximum atomic E-state index is 4.65. The molecular weight excluding hydrogens is 280 g/mol. The van der Waals surface area contributed by atoms with Crippen molar-refractivity contribution >= 4 is 17.7 Å². The Morgan fingerprint density at radius 3 is 2.52 bits per heavy atom. The minimum Gasteiger partial charge on any atom is -0.357 e. The van der Waals surface area contributed by atoms with Gasteiger partial charge in [0, 0.05) is 26.2 Å². The molecule has 21 heavy (non-hydrogen) atoms. The Morgan fingerprint density at radius 2 is 1.86 bits per heavy atom. The van der Waals surface area contributed by atoms with Crippen molar-refractivity contribution in [2.24, 2.45) is 4.99 Å². The molecule has 1 aliphatic rings. The second-order valence-corrected chi connectivity index (χ2v) is 6.63. The summed E-state index contributed by atoms with van der Waals surface area (Å²) in [5.41, 5.74) is 0. The van der Waals surface area contributed by atoms with Crippen molar-refractivity contribution in [3.8, 4) is 0 Å². The number of aliphatic imine (C=N–C) groups is 1. The van der Waals surface area contributed by atoms with E-state index in [1.807, 2.05) is 11.8 Å². The lowest BCUT2D eigenvalue weighted by Crippen LogP contribution is -2.41. The first kappa shape index (κ1) is 18.6. The largest absolute Gasteiger partial charge is 0.357 e. The molecule has 0 amide bonds. The van der Waals surface area contributed by atoms with Gasteiger partial charge in [0.25, 0.3) is 0 Å². The van der Waals surface area contributed by atoms with Gasteiger partial charge in [-0.15, -0.1) is 0 Å². The fourth-order valence-electron chi connectivity index (χ4n) is 2.58. The molecule has 0 aromatic heterocycles. The number of unbranched alkanes of at least 4 members (excludes halogenated alkanes) is 1. The normalized spacial score (nSPS) is 17.5. The van der Waals surface area contributed by atoms with Gasteiger partial charge in [-0.1, -0.05) is 12.8 Å². The van der Waals surface area contributed by atoms with Crippen LogP contribution in [0.4, 0.5) is 0 Å². The van der Waals surface area contributed by atoms with Crippen LogP contribution in [0.25, 0.3) is 0 Å². The predicted octanol–water partition coefficient (Wildman–Crippen LogP) is 2.56. The van der Waals surface area contributed by atoms with Crippen LogP contribution in [0.3, 0.4) is 0 Å². The lowest BCUT2D eigenvalue weighted by molar-refractivity contribution is 0.289. The zero-order chi connectivity index (χ0) is 15.2. The Kier molecular flexibility index (Phi) is 11.8. The van der Waals surface area contributed by atoms with Crippen molar-refractivity contribution in [2.75, 3.05) is 51.3 Å². The van der Waals surface area contributed by atoms with E-state index in [4.69, 9.17) is 0 Å². The Hall–Kier alpha value is -0.420. The number of hydrogen-bond acceptors (Lipinski definition) is 3. The first-order valence-corrected chi connectivity index (χ1v) is 9.99. The van der Waals surface area contributed by atoms with Crippen LogP contribution in [0.1, 0.15) is 45.4 Å². The summed E-state index contributed by atoms with van der Waals surface area (Å²) in [6.07, 6.45) is 10.2. The minimum absolute atomic E-state index is 0.930. The molecule has 0 bridgehead atoms. The van der Waals surface area contributed by atoms with Crippen molar-refractivity contribution in [3.05, 3.63) is 0 Å². The maximum absolute atomic E-state index is 4.65. The molecule has 0 saturated carbocycles. The van der Waals surface area contributed by atoms with Crippen LogP contribution >= 0.6 is 11.8 Å². The Bertz CT molecular complexity index is 263. The third-order valence-electron chi connectivity index (χ3n) is 3.79. The molecule has 0 radical (unpaired) electrons. The van der Waals surface area contributed by atoms with E-state index in [-0.39, 0.29) is 0 Å². The minimum atomic E-state index is 0.930. The molecule has 0 aromatic rings. The number of rotatable bonds is 9. The average molecular weight is 315 g/mol. The van der Waals surface area contributed by atoms with Crippen molar-refractivity contribution in [2.45, 2.75) is 45.4 Å². The molecule has 0 aliphatic carbocycles.